The molecule has 4 nitrogen and oxygen atoms in total. The van der Waals surface area contributed by atoms with Crippen LogP contribution in [0.5, 0.6) is 0 Å². The Morgan fingerprint density at radius 1 is 1.50 bits per heavy atom. The van der Waals surface area contributed by atoms with Gasteiger partial charge in [0.25, 0.3) is 0 Å². The van der Waals surface area contributed by atoms with Gasteiger partial charge in [0.2, 0.25) is 0 Å². The average Bonchev–Trinajstić information content (AvgIpc) is 2.88. The second kappa shape index (κ2) is 5.09. The van der Waals surface area contributed by atoms with Gasteiger partial charge in [0, 0.05) is 25.4 Å². The Bertz CT molecular complexity index is 520. The van der Waals surface area contributed by atoms with Crippen LogP contribution in [0.3, 0.4) is 0 Å². The van der Waals surface area contributed by atoms with Crippen LogP contribution < -0.4 is 4.90 Å². The summed E-state index contributed by atoms with van der Waals surface area (Å²) in [6.07, 6.45) is 2.79. The fourth-order valence-corrected chi connectivity index (χ4v) is 3.30. The van der Waals surface area contributed by atoms with Gasteiger partial charge in [-0.3, -0.25) is 4.79 Å². The van der Waals surface area contributed by atoms with Gasteiger partial charge < -0.3 is 14.7 Å². The lowest BCUT2D eigenvalue weighted by Gasteiger charge is -2.36. The number of anilines is 1. The van der Waals surface area contributed by atoms with E-state index in [1.54, 1.807) is 0 Å². The summed E-state index contributed by atoms with van der Waals surface area (Å²) >= 11 is 0. The first-order chi connectivity index (χ1) is 9.61. The Labute approximate surface area is 119 Å². The maximum absolute atomic E-state index is 11.7. The quantitative estimate of drug-likeness (QED) is 0.919. The van der Waals surface area contributed by atoms with Crippen molar-refractivity contribution < 1.29 is 14.6 Å². The van der Waals surface area contributed by atoms with Crippen LogP contribution in [0.4, 0.5) is 5.69 Å². The van der Waals surface area contributed by atoms with Crippen LogP contribution in [0.15, 0.2) is 18.2 Å². The minimum Gasteiger partial charge on any atom is -0.481 e. The van der Waals surface area contributed by atoms with Crippen LogP contribution in [-0.2, 0) is 16.0 Å². The lowest BCUT2D eigenvalue weighted by molar-refractivity contribution is -0.148. The van der Waals surface area contributed by atoms with Gasteiger partial charge >= 0.3 is 5.97 Å². The molecule has 2 aliphatic rings. The summed E-state index contributed by atoms with van der Waals surface area (Å²) in [5.41, 5.74) is 3.08. The number of carboxylic acids is 1. The summed E-state index contributed by atoms with van der Waals surface area (Å²) in [5.74, 6) is -0.728. The predicted molar refractivity (Wildman–Crippen MR) is 77.2 cm³/mol. The molecule has 0 aromatic heterocycles. The number of carboxylic acid groups (broad SMARTS) is 1. The summed E-state index contributed by atoms with van der Waals surface area (Å²) in [6.45, 7) is 4.48. The predicted octanol–water partition coefficient (Wildman–Crippen LogP) is 2.24. The van der Waals surface area contributed by atoms with Crippen molar-refractivity contribution in [2.45, 2.75) is 26.2 Å². The molecule has 4 heteroatoms. The third kappa shape index (κ3) is 2.29. The Balaban J connectivity index is 1.87. The molecule has 1 N–H and O–H groups in total. The van der Waals surface area contributed by atoms with Crippen molar-refractivity contribution in [1.29, 1.82) is 0 Å². The highest BCUT2D eigenvalue weighted by molar-refractivity contribution is 5.76. The lowest BCUT2D eigenvalue weighted by atomic mass is 9.85. The Kier molecular flexibility index (Phi) is 3.42. The molecule has 20 heavy (non-hydrogen) atoms. The molecule has 2 heterocycles. The van der Waals surface area contributed by atoms with E-state index in [1.807, 2.05) is 0 Å². The topological polar surface area (TPSA) is 49.8 Å². The summed E-state index contributed by atoms with van der Waals surface area (Å²) < 4.78 is 5.36. The van der Waals surface area contributed by atoms with Crippen molar-refractivity contribution in [2.24, 2.45) is 5.41 Å². The zero-order valence-corrected chi connectivity index (χ0v) is 11.9. The van der Waals surface area contributed by atoms with Crippen molar-refractivity contribution in [3.05, 3.63) is 29.3 Å². The van der Waals surface area contributed by atoms with Gasteiger partial charge in [0.05, 0.1) is 6.61 Å². The van der Waals surface area contributed by atoms with Crippen LogP contribution in [0, 0.1) is 12.3 Å². The third-order valence-corrected chi connectivity index (χ3v) is 4.50. The highest BCUT2D eigenvalue weighted by atomic mass is 16.5. The molecule has 3 rings (SSSR count). The number of rotatable bonds is 3. The lowest BCUT2D eigenvalue weighted by Crippen LogP contribution is -2.45. The molecule has 1 fully saturated rings. The van der Waals surface area contributed by atoms with Crippen LogP contribution in [0.1, 0.15) is 24.0 Å². The summed E-state index contributed by atoms with van der Waals surface area (Å²) in [5, 5.41) is 9.58. The number of aliphatic carboxylic acids is 1. The van der Waals surface area contributed by atoms with E-state index in [1.165, 1.54) is 16.8 Å². The smallest absolute Gasteiger partial charge is 0.313 e. The summed E-state index contributed by atoms with van der Waals surface area (Å²) in [6, 6.07) is 6.46. The van der Waals surface area contributed by atoms with Gasteiger partial charge in [-0.05, 0) is 37.8 Å². The zero-order valence-electron chi connectivity index (χ0n) is 11.9. The van der Waals surface area contributed by atoms with E-state index in [0.717, 1.165) is 19.4 Å². The highest BCUT2D eigenvalue weighted by Gasteiger charge is 2.44. The standard InChI is InChI=1S/C16H21NO3/c1-12-4-5-14-13(9-12)3-2-7-17(14)10-16(15(18)19)6-8-20-11-16/h4-5,9H,2-3,6-8,10-11H2,1H3,(H,18,19). The van der Waals surface area contributed by atoms with E-state index < -0.39 is 11.4 Å². The number of fused-ring (bicyclic) bond motifs is 1. The normalized spacial score (nSPS) is 25.6. The molecule has 1 atom stereocenters. The summed E-state index contributed by atoms with van der Waals surface area (Å²) in [7, 11) is 0. The number of benzene rings is 1. The van der Waals surface area contributed by atoms with Crippen LogP contribution in [-0.4, -0.2) is 37.4 Å². The van der Waals surface area contributed by atoms with E-state index in [-0.39, 0.29) is 0 Å². The van der Waals surface area contributed by atoms with Crippen molar-refractivity contribution in [3.63, 3.8) is 0 Å². The zero-order chi connectivity index (χ0) is 14.2. The number of carbonyl (C=O) groups is 1. The van der Waals surface area contributed by atoms with Gasteiger partial charge in [-0.1, -0.05) is 17.7 Å². The van der Waals surface area contributed by atoms with Gasteiger partial charge in [0.15, 0.2) is 0 Å². The fourth-order valence-electron chi connectivity index (χ4n) is 3.30. The largest absolute Gasteiger partial charge is 0.481 e. The molecule has 0 radical (unpaired) electrons. The van der Waals surface area contributed by atoms with Gasteiger partial charge in [-0.25, -0.2) is 0 Å². The molecule has 0 amide bonds. The molecule has 0 spiro atoms. The molecule has 108 valence electrons. The average molecular weight is 275 g/mol. The second-order valence-corrected chi connectivity index (χ2v) is 6.05. The SMILES string of the molecule is Cc1ccc2c(c1)CCCN2CC1(C(=O)O)CCOC1. The van der Waals surface area contributed by atoms with Crippen molar-refractivity contribution in [3.8, 4) is 0 Å². The van der Waals surface area contributed by atoms with E-state index in [0.29, 0.717) is 26.2 Å². The first kappa shape index (κ1) is 13.4. The molecule has 1 saturated heterocycles. The molecule has 0 bridgehead atoms. The number of hydrogen-bond acceptors (Lipinski definition) is 3. The minimum atomic E-state index is -0.737. The van der Waals surface area contributed by atoms with Crippen molar-refractivity contribution in [2.75, 3.05) is 31.2 Å². The molecule has 1 aromatic rings. The fraction of sp³-hybridized carbons (Fsp3) is 0.562. The molecule has 2 aliphatic heterocycles. The van der Waals surface area contributed by atoms with Crippen molar-refractivity contribution >= 4 is 11.7 Å². The van der Waals surface area contributed by atoms with E-state index >= 15 is 0 Å². The van der Waals surface area contributed by atoms with Gasteiger partial charge in [-0.2, -0.15) is 0 Å². The number of nitrogens with zero attached hydrogens (tertiary/aromatic N) is 1. The first-order valence-electron chi connectivity index (χ1n) is 7.26. The van der Waals surface area contributed by atoms with Gasteiger partial charge in [0.1, 0.15) is 5.41 Å². The monoisotopic (exact) mass is 275 g/mol. The van der Waals surface area contributed by atoms with E-state index in [9.17, 15) is 9.90 Å². The maximum Gasteiger partial charge on any atom is 0.313 e. The van der Waals surface area contributed by atoms with Gasteiger partial charge in [-0.15, -0.1) is 0 Å². The third-order valence-electron chi connectivity index (χ3n) is 4.50. The Hall–Kier alpha value is -1.55. The number of ether oxygens (including phenoxy) is 1. The second-order valence-electron chi connectivity index (χ2n) is 6.05. The summed E-state index contributed by atoms with van der Waals surface area (Å²) in [4.78, 5) is 13.9. The minimum absolute atomic E-state index is 0.333. The number of hydrogen-bond donors (Lipinski definition) is 1. The van der Waals surface area contributed by atoms with E-state index in [4.69, 9.17) is 4.74 Å². The van der Waals surface area contributed by atoms with Crippen LogP contribution in [0.25, 0.3) is 0 Å². The van der Waals surface area contributed by atoms with E-state index in [2.05, 4.69) is 30.0 Å². The van der Waals surface area contributed by atoms with Crippen LogP contribution in [0.2, 0.25) is 0 Å². The molecule has 0 saturated carbocycles. The highest BCUT2D eigenvalue weighted by Crippen LogP contribution is 2.35. The molecule has 1 unspecified atom stereocenters. The molecular weight excluding hydrogens is 254 g/mol. The molecular formula is C16H21NO3. The first-order valence-corrected chi connectivity index (χ1v) is 7.26. The van der Waals surface area contributed by atoms with Crippen LogP contribution >= 0.6 is 0 Å². The maximum atomic E-state index is 11.7. The molecule has 1 aromatic carbocycles. The number of aryl methyl sites for hydroxylation is 2. The van der Waals surface area contributed by atoms with Crippen molar-refractivity contribution in [1.82, 2.24) is 0 Å². The molecule has 0 aliphatic carbocycles. The Morgan fingerprint density at radius 2 is 2.35 bits per heavy atom. The Morgan fingerprint density at radius 3 is 3.05 bits per heavy atom.